The second-order valence-corrected chi connectivity index (χ2v) is 3.80. The normalized spacial score (nSPS) is 9.50. The molecule has 16 heavy (non-hydrogen) atoms. The molecule has 1 aromatic rings. The number of halogens is 1. The van der Waals surface area contributed by atoms with Gasteiger partial charge in [0, 0.05) is 12.5 Å². The standard InChI is InChI=1S/C11H10BrNO3/c1-2-3-4-8-16-10-7-5-6-9(11(10)12)13(14)15/h1,5-7H,3-4,8H2. The minimum Gasteiger partial charge on any atom is -0.492 e. The fourth-order valence-electron chi connectivity index (χ4n) is 1.11. The summed E-state index contributed by atoms with van der Waals surface area (Å²) < 4.78 is 5.74. The van der Waals surface area contributed by atoms with Gasteiger partial charge in [-0.15, -0.1) is 12.3 Å². The summed E-state index contributed by atoms with van der Waals surface area (Å²) in [5.41, 5.74) is -0.00514. The molecule has 1 aromatic carbocycles. The highest BCUT2D eigenvalue weighted by Crippen LogP contribution is 2.33. The first-order valence-electron chi connectivity index (χ1n) is 4.66. The molecule has 0 aromatic heterocycles. The molecule has 84 valence electrons. The van der Waals surface area contributed by atoms with E-state index in [2.05, 4.69) is 21.9 Å². The summed E-state index contributed by atoms with van der Waals surface area (Å²) in [6, 6.07) is 4.67. The molecule has 0 aliphatic carbocycles. The van der Waals surface area contributed by atoms with Gasteiger partial charge in [0.15, 0.2) is 0 Å². The van der Waals surface area contributed by atoms with E-state index in [9.17, 15) is 10.1 Å². The average molecular weight is 284 g/mol. The molecule has 0 bridgehead atoms. The number of rotatable bonds is 5. The number of nitrogens with zero attached hydrogens (tertiary/aromatic N) is 1. The molecule has 0 fully saturated rings. The van der Waals surface area contributed by atoms with Gasteiger partial charge in [0.1, 0.15) is 10.2 Å². The lowest BCUT2D eigenvalue weighted by Crippen LogP contribution is -1.99. The van der Waals surface area contributed by atoms with Crippen LogP contribution in [0.2, 0.25) is 0 Å². The third-order valence-electron chi connectivity index (χ3n) is 1.86. The van der Waals surface area contributed by atoms with E-state index in [1.165, 1.54) is 6.07 Å². The third kappa shape index (κ3) is 3.24. The summed E-state index contributed by atoms with van der Waals surface area (Å²) >= 11 is 3.14. The van der Waals surface area contributed by atoms with Gasteiger partial charge < -0.3 is 4.74 Å². The Morgan fingerprint density at radius 1 is 1.56 bits per heavy atom. The monoisotopic (exact) mass is 283 g/mol. The van der Waals surface area contributed by atoms with Crippen molar-refractivity contribution in [2.45, 2.75) is 12.8 Å². The zero-order valence-corrected chi connectivity index (χ0v) is 10.1. The molecule has 0 heterocycles. The lowest BCUT2D eigenvalue weighted by atomic mass is 10.3. The van der Waals surface area contributed by atoms with Crippen LogP contribution >= 0.6 is 15.9 Å². The third-order valence-corrected chi connectivity index (χ3v) is 2.66. The minimum absolute atomic E-state index is 0.00514. The molecule has 0 unspecified atom stereocenters. The Kier molecular flexibility index (Phi) is 4.80. The van der Waals surface area contributed by atoms with Gasteiger partial charge in [0.2, 0.25) is 0 Å². The first-order chi connectivity index (χ1) is 7.66. The average Bonchev–Trinajstić information content (AvgIpc) is 2.26. The Morgan fingerprint density at radius 2 is 2.31 bits per heavy atom. The molecule has 0 radical (unpaired) electrons. The number of terminal acetylenes is 1. The lowest BCUT2D eigenvalue weighted by Gasteiger charge is -2.06. The summed E-state index contributed by atoms with van der Waals surface area (Å²) in [5.74, 6) is 2.96. The molecular formula is C11H10BrNO3. The molecule has 0 amide bonds. The van der Waals surface area contributed by atoms with E-state index >= 15 is 0 Å². The molecule has 5 heteroatoms. The second kappa shape index (κ2) is 6.13. The van der Waals surface area contributed by atoms with E-state index in [1.807, 2.05) is 0 Å². The fourth-order valence-corrected chi connectivity index (χ4v) is 1.63. The number of hydrogen-bond acceptors (Lipinski definition) is 3. The zero-order chi connectivity index (χ0) is 12.0. The lowest BCUT2D eigenvalue weighted by molar-refractivity contribution is -0.385. The summed E-state index contributed by atoms with van der Waals surface area (Å²) in [5, 5.41) is 10.6. The largest absolute Gasteiger partial charge is 0.492 e. The van der Waals surface area contributed by atoms with E-state index in [0.717, 1.165) is 6.42 Å². The molecule has 0 saturated heterocycles. The molecule has 0 aliphatic heterocycles. The first-order valence-corrected chi connectivity index (χ1v) is 5.45. The molecule has 0 atom stereocenters. The van der Waals surface area contributed by atoms with Gasteiger partial charge in [-0.3, -0.25) is 10.1 Å². The van der Waals surface area contributed by atoms with E-state index in [1.54, 1.807) is 12.1 Å². The molecule has 0 spiro atoms. The maximum Gasteiger partial charge on any atom is 0.287 e. The van der Waals surface area contributed by atoms with Gasteiger partial charge in [-0.2, -0.15) is 0 Å². The predicted octanol–water partition coefficient (Wildman–Crippen LogP) is 3.15. The number of benzene rings is 1. The highest BCUT2D eigenvalue weighted by molar-refractivity contribution is 9.10. The topological polar surface area (TPSA) is 52.4 Å². The molecule has 0 saturated carbocycles. The summed E-state index contributed by atoms with van der Waals surface area (Å²) in [6.45, 7) is 0.448. The van der Waals surface area contributed by atoms with E-state index in [0.29, 0.717) is 23.2 Å². The maximum absolute atomic E-state index is 10.6. The van der Waals surface area contributed by atoms with Crippen molar-refractivity contribution in [1.82, 2.24) is 0 Å². The van der Waals surface area contributed by atoms with Crippen LogP contribution in [-0.4, -0.2) is 11.5 Å². The minimum atomic E-state index is -0.460. The summed E-state index contributed by atoms with van der Waals surface area (Å²) in [6.07, 6.45) is 6.46. The number of unbranched alkanes of at least 4 members (excludes halogenated alkanes) is 1. The number of nitro benzene ring substituents is 1. The fraction of sp³-hybridized carbons (Fsp3) is 0.273. The van der Waals surface area contributed by atoms with Gasteiger partial charge in [-0.05, 0) is 28.4 Å². The van der Waals surface area contributed by atoms with Crippen molar-refractivity contribution in [2.75, 3.05) is 6.61 Å². The van der Waals surface area contributed by atoms with Crippen LogP contribution in [0.15, 0.2) is 22.7 Å². The van der Waals surface area contributed by atoms with Crippen molar-refractivity contribution in [3.05, 3.63) is 32.8 Å². The first kappa shape index (κ1) is 12.5. The van der Waals surface area contributed by atoms with Crippen LogP contribution < -0.4 is 4.74 Å². The van der Waals surface area contributed by atoms with Gasteiger partial charge in [0.05, 0.1) is 11.5 Å². The Bertz CT molecular complexity index is 426. The quantitative estimate of drug-likeness (QED) is 0.361. The Morgan fingerprint density at radius 3 is 2.94 bits per heavy atom. The SMILES string of the molecule is C#CCCCOc1cccc([N+](=O)[O-])c1Br. The smallest absolute Gasteiger partial charge is 0.287 e. The van der Waals surface area contributed by atoms with E-state index in [-0.39, 0.29) is 5.69 Å². The second-order valence-electron chi connectivity index (χ2n) is 3.00. The van der Waals surface area contributed by atoms with Crippen molar-refractivity contribution < 1.29 is 9.66 Å². The Labute approximate surface area is 102 Å². The van der Waals surface area contributed by atoms with Crippen LogP contribution in [0, 0.1) is 22.5 Å². The zero-order valence-electron chi connectivity index (χ0n) is 8.48. The number of ether oxygens (including phenoxy) is 1. The maximum atomic E-state index is 10.6. The van der Waals surface area contributed by atoms with Crippen molar-refractivity contribution in [3.8, 4) is 18.1 Å². The van der Waals surface area contributed by atoms with Crippen molar-refractivity contribution >= 4 is 21.6 Å². The van der Waals surface area contributed by atoms with Crippen LogP contribution in [0.25, 0.3) is 0 Å². The van der Waals surface area contributed by atoms with Crippen LogP contribution in [0.5, 0.6) is 5.75 Å². The molecular weight excluding hydrogens is 274 g/mol. The molecule has 0 aliphatic rings. The highest BCUT2D eigenvalue weighted by Gasteiger charge is 2.15. The molecule has 1 rings (SSSR count). The van der Waals surface area contributed by atoms with E-state index < -0.39 is 4.92 Å². The van der Waals surface area contributed by atoms with E-state index in [4.69, 9.17) is 11.2 Å². The Hall–Kier alpha value is -1.54. The highest BCUT2D eigenvalue weighted by atomic mass is 79.9. The summed E-state index contributed by atoms with van der Waals surface area (Å²) in [7, 11) is 0. The predicted molar refractivity (Wildman–Crippen MR) is 64.4 cm³/mol. The van der Waals surface area contributed by atoms with Gasteiger partial charge in [-0.1, -0.05) is 6.07 Å². The van der Waals surface area contributed by atoms with Crippen LogP contribution in [0.4, 0.5) is 5.69 Å². The van der Waals surface area contributed by atoms with Crippen LogP contribution in [0.1, 0.15) is 12.8 Å². The molecule has 0 N–H and O–H groups in total. The summed E-state index contributed by atoms with van der Waals surface area (Å²) in [4.78, 5) is 10.2. The van der Waals surface area contributed by atoms with Crippen LogP contribution in [-0.2, 0) is 0 Å². The van der Waals surface area contributed by atoms with Crippen molar-refractivity contribution in [3.63, 3.8) is 0 Å². The Balaban J connectivity index is 2.70. The van der Waals surface area contributed by atoms with Gasteiger partial charge in [-0.25, -0.2) is 0 Å². The van der Waals surface area contributed by atoms with Gasteiger partial charge >= 0.3 is 0 Å². The van der Waals surface area contributed by atoms with Crippen molar-refractivity contribution in [1.29, 1.82) is 0 Å². The molecule has 4 nitrogen and oxygen atoms in total. The number of nitro groups is 1. The van der Waals surface area contributed by atoms with Crippen LogP contribution in [0.3, 0.4) is 0 Å². The number of hydrogen-bond donors (Lipinski definition) is 0. The van der Waals surface area contributed by atoms with Crippen molar-refractivity contribution in [2.24, 2.45) is 0 Å². The van der Waals surface area contributed by atoms with Gasteiger partial charge in [0.25, 0.3) is 5.69 Å².